The van der Waals surface area contributed by atoms with Crippen molar-refractivity contribution >= 4 is 0 Å². The summed E-state index contributed by atoms with van der Waals surface area (Å²) in [6.45, 7) is 5.95. The first-order chi connectivity index (χ1) is 26.3. The molecule has 1 aliphatic carbocycles. The van der Waals surface area contributed by atoms with Crippen LogP contribution in [0.15, 0.2) is 140 Å². The molecule has 2 heterocycles. The molecule has 0 atom stereocenters. The van der Waals surface area contributed by atoms with Crippen LogP contribution < -0.4 is 0 Å². The Morgan fingerprint density at radius 3 is 2.04 bits per heavy atom. The SMILES string of the molecule is [2H]C(C)(C)c1ccc(-c2[c-]cc(CCc3cc(C)cc(-c4ccccc4-c4c[c-]c(-c5cc(-c6ccc(C7CCCC7)cc6)ccn5)cc4)c3)cc2)nc1.[Ir]. The first kappa shape index (κ1) is 36.0. The summed E-state index contributed by atoms with van der Waals surface area (Å²) < 4.78 is 8.25. The van der Waals surface area contributed by atoms with Crippen LogP contribution in [0.5, 0.6) is 0 Å². The summed E-state index contributed by atoms with van der Waals surface area (Å²) in [5, 5.41) is 0. The zero-order valence-corrected chi connectivity index (χ0v) is 33.7. The second-order valence-electron chi connectivity index (χ2n) is 14.8. The van der Waals surface area contributed by atoms with Gasteiger partial charge in [0.1, 0.15) is 0 Å². The van der Waals surface area contributed by atoms with Gasteiger partial charge in [0, 0.05) is 33.9 Å². The molecule has 0 bridgehead atoms. The van der Waals surface area contributed by atoms with Gasteiger partial charge in [-0.3, -0.25) is 0 Å². The van der Waals surface area contributed by atoms with Gasteiger partial charge in [-0.2, -0.15) is 0 Å². The molecule has 5 aromatic carbocycles. The van der Waals surface area contributed by atoms with Crippen molar-refractivity contribution in [3.05, 3.63) is 180 Å². The third-order valence-corrected chi connectivity index (χ3v) is 10.8. The molecule has 7 aromatic rings. The Labute approximate surface area is 336 Å². The quantitative estimate of drug-likeness (QED) is 0.128. The fourth-order valence-corrected chi connectivity index (χ4v) is 7.77. The Kier molecular flexibility index (Phi) is 11.4. The minimum absolute atomic E-state index is 0. The zero-order valence-electron chi connectivity index (χ0n) is 32.3. The van der Waals surface area contributed by atoms with Crippen molar-refractivity contribution in [3.8, 4) is 55.9 Å². The number of hydrogen-bond donors (Lipinski definition) is 0. The molecule has 0 unspecified atom stereocenters. The molecule has 8 rings (SSSR count). The molecule has 0 saturated heterocycles. The molecule has 1 saturated carbocycles. The molecule has 1 radical (unpaired) electrons. The van der Waals surface area contributed by atoms with E-state index in [9.17, 15) is 0 Å². The van der Waals surface area contributed by atoms with Crippen LogP contribution in [0.3, 0.4) is 0 Å². The molecule has 1 aliphatic rings. The third kappa shape index (κ3) is 8.55. The fraction of sp³-hybridized carbons (Fsp3) is 0.216. The number of benzene rings is 5. The van der Waals surface area contributed by atoms with Gasteiger partial charge in [0.25, 0.3) is 0 Å². The molecular formula is C51H46IrN2-2. The number of aryl methyl sites for hydroxylation is 3. The van der Waals surface area contributed by atoms with Crippen LogP contribution in [-0.2, 0) is 32.9 Å². The molecule has 54 heavy (non-hydrogen) atoms. The van der Waals surface area contributed by atoms with Crippen molar-refractivity contribution in [2.45, 2.75) is 71.1 Å². The minimum Gasteiger partial charge on any atom is -0.305 e. The van der Waals surface area contributed by atoms with E-state index in [1.54, 1.807) is 6.20 Å². The standard InChI is InChI=1S/C51H46N2.Ir/c1-35(2)46-26-27-50(53-34-46)43-16-14-37(15-17-43)12-13-38-30-36(3)31-47(32-38)49-11-7-6-10-48(49)42-22-24-44(25-23-42)51-33-45(28-29-52-51)41-20-18-40(19-21-41)39-8-4-5-9-39;/h6-7,10-11,14-16,18-24,26-35,39H,4-5,8-9,12-13H2,1-3H3;/q-2;/i35D;. The molecule has 0 aliphatic heterocycles. The van der Waals surface area contributed by atoms with Gasteiger partial charge in [-0.05, 0) is 94.4 Å². The molecule has 271 valence electrons. The maximum absolute atomic E-state index is 8.25. The number of nitrogens with zero attached hydrogens (tertiary/aromatic N) is 2. The van der Waals surface area contributed by atoms with E-state index >= 15 is 0 Å². The van der Waals surface area contributed by atoms with Gasteiger partial charge < -0.3 is 9.97 Å². The normalized spacial score (nSPS) is 13.4. The van der Waals surface area contributed by atoms with Crippen LogP contribution in [0.2, 0.25) is 0 Å². The molecule has 2 aromatic heterocycles. The second-order valence-corrected chi connectivity index (χ2v) is 14.8. The molecule has 3 heteroatoms. The molecular weight excluding hydrogens is 833 g/mol. The number of pyridine rings is 2. The molecule has 0 N–H and O–H groups in total. The van der Waals surface area contributed by atoms with Gasteiger partial charge in [0.2, 0.25) is 0 Å². The summed E-state index contributed by atoms with van der Waals surface area (Å²) in [6.07, 6.45) is 10.9. The maximum atomic E-state index is 8.25. The smallest absolute Gasteiger partial charge is 0.0347 e. The molecule has 1 fully saturated rings. The van der Waals surface area contributed by atoms with E-state index in [1.807, 2.05) is 32.2 Å². The van der Waals surface area contributed by atoms with Crippen molar-refractivity contribution in [1.82, 2.24) is 9.97 Å². The topological polar surface area (TPSA) is 25.8 Å². The van der Waals surface area contributed by atoms with E-state index < -0.39 is 5.89 Å². The average Bonchev–Trinajstić information content (AvgIpc) is 3.76. The van der Waals surface area contributed by atoms with Gasteiger partial charge in [-0.15, -0.1) is 65.2 Å². The summed E-state index contributed by atoms with van der Waals surface area (Å²) in [5.74, 6) is 0.0680. The molecule has 0 spiro atoms. The maximum Gasteiger partial charge on any atom is 0.0347 e. The Morgan fingerprint density at radius 2 is 1.35 bits per heavy atom. The fourth-order valence-electron chi connectivity index (χ4n) is 7.77. The van der Waals surface area contributed by atoms with E-state index in [0.29, 0.717) is 0 Å². The van der Waals surface area contributed by atoms with Crippen LogP contribution >= 0.6 is 0 Å². The number of hydrogen-bond acceptors (Lipinski definition) is 2. The van der Waals surface area contributed by atoms with Gasteiger partial charge in [0.15, 0.2) is 0 Å². The first-order valence-electron chi connectivity index (χ1n) is 19.5. The van der Waals surface area contributed by atoms with Gasteiger partial charge >= 0.3 is 0 Å². The summed E-state index contributed by atoms with van der Waals surface area (Å²) in [5.41, 5.74) is 17.2. The average molecular weight is 880 g/mol. The monoisotopic (exact) mass is 880 g/mol. The van der Waals surface area contributed by atoms with E-state index in [2.05, 4.69) is 139 Å². The Hall–Kier alpha value is -4.95. The van der Waals surface area contributed by atoms with E-state index in [1.165, 1.54) is 75.8 Å². The molecule has 0 amide bonds. The van der Waals surface area contributed by atoms with Gasteiger partial charge in [0.05, 0.1) is 0 Å². The molecule has 2 nitrogen and oxygen atoms in total. The number of rotatable bonds is 10. The van der Waals surface area contributed by atoms with Crippen LogP contribution in [0.4, 0.5) is 0 Å². The third-order valence-electron chi connectivity index (χ3n) is 10.8. The predicted octanol–water partition coefficient (Wildman–Crippen LogP) is 13.3. The van der Waals surface area contributed by atoms with E-state index in [0.717, 1.165) is 52.4 Å². The second kappa shape index (κ2) is 17.0. The summed E-state index contributed by atoms with van der Waals surface area (Å²) in [4.78, 5) is 9.33. The van der Waals surface area contributed by atoms with Gasteiger partial charge in [-0.25, -0.2) is 0 Å². The van der Waals surface area contributed by atoms with Crippen LogP contribution in [-0.4, -0.2) is 9.97 Å². The minimum atomic E-state index is -0.658. The Morgan fingerprint density at radius 1 is 0.648 bits per heavy atom. The predicted molar refractivity (Wildman–Crippen MR) is 221 cm³/mol. The summed E-state index contributed by atoms with van der Waals surface area (Å²) in [7, 11) is 0. The first-order valence-corrected chi connectivity index (χ1v) is 19.0. The van der Waals surface area contributed by atoms with E-state index in [4.69, 9.17) is 6.35 Å². The van der Waals surface area contributed by atoms with Crippen LogP contribution in [0, 0.1) is 19.1 Å². The largest absolute Gasteiger partial charge is 0.305 e. The Bertz CT molecular complexity index is 2350. The summed E-state index contributed by atoms with van der Waals surface area (Å²) >= 11 is 0. The zero-order chi connectivity index (χ0) is 37.1. The van der Waals surface area contributed by atoms with Crippen molar-refractivity contribution in [3.63, 3.8) is 0 Å². The van der Waals surface area contributed by atoms with Crippen molar-refractivity contribution < 1.29 is 21.5 Å². The number of aromatic nitrogens is 2. The summed E-state index contributed by atoms with van der Waals surface area (Å²) in [6, 6.07) is 52.9. The van der Waals surface area contributed by atoms with Crippen molar-refractivity contribution in [2.75, 3.05) is 0 Å². The Balaban J connectivity index is 0.00000465. The van der Waals surface area contributed by atoms with Crippen LogP contribution in [0.1, 0.15) is 80.5 Å². The van der Waals surface area contributed by atoms with Crippen LogP contribution in [0.25, 0.3) is 55.9 Å². The van der Waals surface area contributed by atoms with Gasteiger partial charge in [-0.1, -0.05) is 135 Å². The van der Waals surface area contributed by atoms with Crippen molar-refractivity contribution in [1.29, 1.82) is 0 Å². The van der Waals surface area contributed by atoms with Crippen molar-refractivity contribution in [2.24, 2.45) is 0 Å². The van der Waals surface area contributed by atoms with E-state index in [-0.39, 0.29) is 20.1 Å².